The molecule has 0 saturated carbocycles. The fraction of sp³-hybridized carbons (Fsp3) is 0.0168. The minimum atomic E-state index is -0.580. The molecule has 0 saturated heterocycles. The van der Waals surface area contributed by atoms with Crippen LogP contribution in [0.1, 0.15) is 44.5 Å². The Morgan fingerprint density at radius 1 is 0.185 bits per heavy atom. The van der Waals surface area contributed by atoms with E-state index >= 15 is 0 Å². The van der Waals surface area contributed by atoms with E-state index in [0.29, 0.717) is 23.3 Å². The molecule has 4 aliphatic rings. The Morgan fingerprint density at radius 3 is 1.04 bits per heavy atom. The topological polar surface area (TPSA) is 109 Å². The smallest absolute Gasteiger partial charge is 0.165 e. The molecule has 0 fully saturated rings. The molecule has 130 heavy (non-hydrogen) atoms. The zero-order chi connectivity index (χ0) is 85.3. The van der Waals surface area contributed by atoms with Crippen molar-refractivity contribution in [2.24, 2.45) is 0 Å². The van der Waals surface area contributed by atoms with Crippen molar-refractivity contribution >= 4 is 106 Å². The van der Waals surface area contributed by atoms with E-state index in [1.807, 2.05) is 47.7 Å². The lowest BCUT2D eigenvalue weighted by atomic mass is 9.65. The fourth-order valence-electron chi connectivity index (χ4n) is 21.3. The van der Waals surface area contributed by atoms with Crippen LogP contribution in [-0.4, -0.2) is 34.9 Å². The van der Waals surface area contributed by atoms with Crippen molar-refractivity contribution in [3.8, 4) is 136 Å². The Bertz CT molecular complexity index is 8320. The number of ether oxygens (including phenoxy) is 2. The van der Waals surface area contributed by atoms with Crippen LogP contribution in [-0.2, 0) is 10.8 Å². The predicted molar refractivity (Wildman–Crippen MR) is 531 cm³/mol. The van der Waals surface area contributed by atoms with Gasteiger partial charge < -0.3 is 9.47 Å². The molecule has 9 nitrogen and oxygen atoms in total. The van der Waals surface area contributed by atoms with Gasteiger partial charge in [-0.1, -0.05) is 334 Å². The van der Waals surface area contributed by atoms with E-state index in [0.717, 1.165) is 161 Å². The van der Waals surface area contributed by atoms with Crippen molar-refractivity contribution in [1.29, 1.82) is 0 Å². The lowest BCUT2D eigenvalue weighted by Gasteiger charge is -2.39. The Labute approximate surface area is 754 Å². The predicted octanol–water partition coefficient (Wildman–Crippen LogP) is 30.8. The van der Waals surface area contributed by atoms with Crippen LogP contribution in [0.4, 0.5) is 0 Å². The molecule has 0 N–H and O–H groups in total. The van der Waals surface area contributed by atoms with Crippen LogP contribution in [0, 0.1) is 0 Å². The summed E-state index contributed by atoms with van der Waals surface area (Å²) in [5.74, 6) is 5.91. The van der Waals surface area contributed by atoms with E-state index in [4.69, 9.17) is 44.4 Å². The van der Waals surface area contributed by atoms with Gasteiger partial charge in [0, 0.05) is 129 Å². The van der Waals surface area contributed by atoms with Crippen LogP contribution < -0.4 is 9.47 Å². The van der Waals surface area contributed by atoms with E-state index < -0.39 is 10.8 Å². The quantitative estimate of drug-likeness (QED) is 0.137. The molecule has 8 heterocycles. The lowest BCUT2D eigenvalue weighted by Crippen LogP contribution is -2.32. The molecule has 18 aromatic carbocycles. The van der Waals surface area contributed by atoms with Crippen molar-refractivity contribution < 1.29 is 9.47 Å². The van der Waals surface area contributed by atoms with Crippen LogP contribution in [0.5, 0.6) is 23.0 Å². The number of fused-ring (bicyclic) bond motifs is 30. The summed E-state index contributed by atoms with van der Waals surface area (Å²) in [4.78, 5) is 37.0. The number of thiophene rings is 2. The molecule has 28 rings (SSSR count). The molecule has 6 aromatic heterocycles. The third-order valence-corrected chi connectivity index (χ3v) is 29.4. The van der Waals surface area contributed by atoms with Crippen molar-refractivity contribution in [1.82, 2.24) is 34.9 Å². The molecular formula is C119H69N7O2S2. The largest absolute Gasteiger partial charge is 0.457 e. The first-order valence-corrected chi connectivity index (χ1v) is 45.5. The number of hydrogen-bond acceptors (Lipinski definition) is 11. The highest BCUT2D eigenvalue weighted by atomic mass is 32.1. The maximum Gasteiger partial charge on any atom is 0.165 e. The average molecular weight is 1690 g/mol. The molecule has 2 spiro atoms. The third kappa shape index (κ3) is 11.1. The van der Waals surface area contributed by atoms with Crippen molar-refractivity contribution in [2.75, 3.05) is 0 Å². The van der Waals surface area contributed by atoms with Gasteiger partial charge in [-0.15, -0.1) is 22.7 Å². The van der Waals surface area contributed by atoms with Crippen molar-refractivity contribution in [3.05, 3.63) is 463 Å². The van der Waals surface area contributed by atoms with E-state index in [2.05, 4.69) is 382 Å². The SMILES string of the molecule is c1ccc(-c2nc(-c3cccc(-c4nc5ccccc5c5cc6c(cc45)Oc4ccccc4C64c5ccccc5-c5ccccc54)c3)cc(-c3cccc4c3sc3ccccc34)n2)cc1.c1ccc(-c2nc(-c3cccc(-c4nc5ccccc5c5cc6c(cc45)Oc4ccccc4C64c5ccccc5-c5ccccc54)c3)nc(-c3cccc4c3sc3ccccc34)n2)cc1. The summed E-state index contributed by atoms with van der Waals surface area (Å²) in [6.07, 6.45) is 0. The van der Waals surface area contributed by atoms with Gasteiger partial charge in [-0.3, -0.25) is 0 Å². The summed E-state index contributed by atoms with van der Waals surface area (Å²) in [5.41, 5.74) is 26.6. The fourth-order valence-corrected chi connectivity index (χ4v) is 23.8. The summed E-state index contributed by atoms with van der Waals surface area (Å²) >= 11 is 3.59. The minimum absolute atomic E-state index is 0.572. The van der Waals surface area contributed by atoms with Gasteiger partial charge in [0.25, 0.3) is 0 Å². The number of nitrogens with zero attached hydrogens (tertiary/aromatic N) is 7. The first kappa shape index (κ1) is 73.8. The van der Waals surface area contributed by atoms with Gasteiger partial charge in [0.15, 0.2) is 23.3 Å². The van der Waals surface area contributed by atoms with E-state index in [9.17, 15) is 0 Å². The highest BCUT2D eigenvalue weighted by Gasteiger charge is 2.53. The lowest BCUT2D eigenvalue weighted by molar-refractivity contribution is 0.437. The molecule has 0 amide bonds. The van der Waals surface area contributed by atoms with Crippen LogP contribution >= 0.6 is 22.7 Å². The Morgan fingerprint density at radius 2 is 0.531 bits per heavy atom. The zero-order valence-corrected chi connectivity index (χ0v) is 71.2. The molecule has 24 aromatic rings. The molecule has 0 atom stereocenters. The first-order chi connectivity index (χ1) is 64.4. The van der Waals surface area contributed by atoms with Gasteiger partial charge in [0.1, 0.15) is 23.0 Å². The van der Waals surface area contributed by atoms with Gasteiger partial charge >= 0.3 is 0 Å². The van der Waals surface area contributed by atoms with Gasteiger partial charge in [-0.25, -0.2) is 34.9 Å². The zero-order valence-electron chi connectivity index (χ0n) is 69.6. The Kier molecular flexibility index (Phi) is 16.4. The molecule has 0 radical (unpaired) electrons. The normalized spacial score (nSPS) is 13.2. The second-order valence-electron chi connectivity index (χ2n) is 33.8. The molecule has 2 aliphatic carbocycles. The van der Waals surface area contributed by atoms with E-state index in [1.54, 1.807) is 11.3 Å². The number of pyridine rings is 2. The highest BCUT2D eigenvalue weighted by molar-refractivity contribution is 7.26. The molecule has 0 bridgehead atoms. The minimum Gasteiger partial charge on any atom is -0.457 e. The summed E-state index contributed by atoms with van der Waals surface area (Å²) in [6.45, 7) is 0. The number of hydrogen-bond donors (Lipinski definition) is 0. The average Bonchev–Trinajstić information content (AvgIpc) is 1.48. The summed E-state index contributed by atoms with van der Waals surface area (Å²) < 4.78 is 18.9. The molecule has 2 aliphatic heterocycles. The number of benzene rings is 18. The number of para-hydroxylation sites is 4. The number of rotatable bonds is 8. The maximum absolute atomic E-state index is 7.01. The summed E-state index contributed by atoms with van der Waals surface area (Å²) in [7, 11) is 0. The number of aromatic nitrogens is 7. The van der Waals surface area contributed by atoms with E-state index in [-0.39, 0.29) is 0 Å². The molecule has 604 valence electrons. The Hall–Kier alpha value is -16.6. The second kappa shape index (κ2) is 29.0. The second-order valence-corrected chi connectivity index (χ2v) is 35.9. The standard InChI is InChI=1S/C60H35N3OS.C59H34N4OS/c1-2-16-36(17-3-1)59-62-52(35-53(63-59)44-25-15-24-43-42-23-7-13-31-56(42)65-58(43)44)37-18-14-19-38(32-37)57-46-34-55-50(33-45(46)41-22-6-11-29-51(41)61-57)60(49-28-10-12-30-54(49)64-55)47-26-8-4-20-39(47)40-21-5-9-27-48(40)60;1-2-16-35(17-3-1)56-61-57(63-58(62-56)43-25-15-24-42-41-23-7-13-31-53(41)65-55(42)43)37-19-14-18-36(32-37)54-45-34-52-49(33-44(45)40-22-6-11-29-50(40)60-54)59(48-28-10-12-30-51(48)64-52)46-26-8-4-20-38(46)39-21-5-9-27-47(39)59/h1-35H;1-34H. The van der Waals surface area contributed by atoms with Gasteiger partial charge in [0.05, 0.1) is 44.6 Å². The first-order valence-electron chi connectivity index (χ1n) is 43.9. The third-order valence-electron chi connectivity index (χ3n) is 26.9. The van der Waals surface area contributed by atoms with Crippen molar-refractivity contribution in [2.45, 2.75) is 10.8 Å². The molecular weight excluding hydrogens is 1620 g/mol. The molecule has 11 heteroatoms. The van der Waals surface area contributed by atoms with Crippen LogP contribution in [0.2, 0.25) is 0 Å². The van der Waals surface area contributed by atoms with Crippen LogP contribution in [0.25, 0.3) is 197 Å². The van der Waals surface area contributed by atoms with Crippen LogP contribution in [0.3, 0.4) is 0 Å². The van der Waals surface area contributed by atoms with Crippen LogP contribution in [0.15, 0.2) is 419 Å². The summed E-state index contributed by atoms with van der Waals surface area (Å²) in [5, 5.41) is 11.4. The van der Waals surface area contributed by atoms with Gasteiger partial charge in [-0.2, -0.15) is 0 Å². The molecule has 0 unspecified atom stereocenters. The highest BCUT2D eigenvalue weighted by Crippen LogP contribution is 2.65. The van der Waals surface area contributed by atoms with Crippen molar-refractivity contribution in [3.63, 3.8) is 0 Å². The monoisotopic (exact) mass is 1690 g/mol. The maximum atomic E-state index is 7.01. The van der Waals surface area contributed by atoms with Gasteiger partial charge in [-0.05, 0) is 140 Å². The van der Waals surface area contributed by atoms with Gasteiger partial charge in [0.2, 0.25) is 0 Å². The summed E-state index contributed by atoms with van der Waals surface area (Å²) in [6, 6.07) is 149. The van der Waals surface area contributed by atoms with E-state index in [1.165, 1.54) is 80.2 Å². The Balaban J connectivity index is 0.000000134.